The van der Waals surface area contributed by atoms with Crippen LogP contribution in [-0.2, 0) is 6.42 Å². The molecule has 0 N–H and O–H groups in total. The third-order valence-electron chi connectivity index (χ3n) is 8.21. The minimum Gasteiger partial charge on any atom is -0.194 e. The molecule has 178 valence electrons. The van der Waals surface area contributed by atoms with Gasteiger partial charge in [-0.2, -0.15) is 9.13 Å². The predicted molar refractivity (Wildman–Crippen MR) is 150 cm³/mol. The third-order valence-corrected chi connectivity index (χ3v) is 8.21. The Bertz CT molecular complexity index is 1660. The van der Waals surface area contributed by atoms with Gasteiger partial charge in [0.25, 0.3) is 0 Å². The minimum absolute atomic E-state index is 0.180. The van der Waals surface area contributed by atoms with Crippen LogP contribution < -0.4 is 9.13 Å². The zero-order valence-electron chi connectivity index (χ0n) is 21.1. The van der Waals surface area contributed by atoms with E-state index in [2.05, 4.69) is 132 Å². The molecule has 0 amide bonds. The molecule has 2 atom stereocenters. The van der Waals surface area contributed by atoms with E-state index in [1.807, 2.05) is 0 Å². The first kappa shape index (κ1) is 21.9. The molecule has 2 aromatic heterocycles. The fourth-order valence-electron chi connectivity index (χ4n) is 6.38. The Labute approximate surface area is 218 Å². The summed E-state index contributed by atoms with van der Waals surface area (Å²) in [6, 6.07) is 38.1. The van der Waals surface area contributed by atoms with Crippen LogP contribution in [0.3, 0.4) is 0 Å². The first-order valence-corrected chi connectivity index (χ1v) is 13.2. The summed E-state index contributed by atoms with van der Waals surface area (Å²) < 4.78 is 4.85. The molecule has 4 heterocycles. The van der Waals surface area contributed by atoms with Gasteiger partial charge in [-0.1, -0.05) is 66.2 Å². The standard InChI is InChI=1S/C35H30N2/c1-24-14-16-26(17-15-24)28-20-22-36-25(2)35-31-12-6-5-11-30(31)32-13-7-8-21-37(32)33(35)19-18-27-9-3-4-10-29(27)34(36)23-28/h3-17,20-23,33,35H,2,18-19H2,1H3/q+2. The Morgan fingerprint density at radius 2 is 1.46 bits per heavy atom. The average molecular weight is 479 g/mol. The van der Waals surface area contributed by atoms with Gasteiger partial charge in [-0.3, -0.25) is 0 Å². The Morgan fingerprint density at radius 3 is 2.32 bits per heavy atom. The Morgan fingerprint density at radius 1 is 0.703 bits per heavy atom. The zero-order chi connectivity index (χ0) is 24.9. The number of hydrogen-bond acceptors (Lipinski definition) is 0. The fraction of sp³-hybridized carbons (Fsp3) is 0.143. The molecule has 0 aliphatic carbocycles. The van der Waals surface area contributed by atoms with E-state index in [9.17, 15) is 0 Å². The largest absolute Gasteiger partial charge is 0.219 e. The van der Waals surface area contributed by atoms with Gasteiger partial charge in [0.1, 0.15) is 5.92 Å². The summed E-state index contributed by atoms with van der Waals surface area (Å²) in [6.07, 6.45) is 6.56. The maximum atomic E-state index is 4.79. The lowest BCUT2D eigenvalue weighted by Gasteiger charge is -2.29. The van der Waals surface area contributed by atoms with E-state index in [1.165, 1.54) is 50.3 Å². The number of benzene rings is 3. The minimum atomic E-state index is 0.180. The maximum Gasteiger partial charge on any atom is 0.219 e. The number of fused-ring (bicyclic) bond motifs is 9. The van der Waals surface area contributed by atoms with Crippen LogP contribution in [0, 0.1) is 6.92 Å². The molecule has 2 aliphatic rings. The number of allylic oxidation sites excluding steroid dienone is 1. The average Bonchev–Trinajstić information content (AvgIpc) is 3.00. The van der Waals surface area contributed by atoms with E-state index in [4.69, 9.17) is 6.58 Å². The molecule has 2 nitrogen and oxygen atoms in total. The van der Waals surface area contributed by atoms with Crippen LogP contribution in [0.2, 0.25) is 0 Å². The lowest BCUT2D eigenvalue weighted by atomic mass is 9.79. The number of aryl methyl sites for hydroxylation is 2. The summed E-state index contributed by atoms with van der Waals surface area (Å²) in [4.78, 5) is 0. The second-order valence-corrected chi connectivity index (χ2v) is 10.3. The summed E-state index contributed by atoms with van der Waals surface area (Å²) in [5.74, 6) is 0.180. The smallest absolute Gasteiger partial charge is 0.194 e. The fourth-order valence-corrected chi connectivity index (χ4v) is 6.38. The second-order valence-electron chi connectivity index (χ2n) is 10.3. The van der Waals surface area contributed by atoms with E-state index in [-0.39, 0.29) is 5.92 Å². The van der Waals surface area contributed by atoms with Gasteiger partial charge in [0.15, 0.2) is 24.1 Å². The summed E-state index contributed by atoms with van der Waals surface area (Å²) >= 11 is 0. The molecule has 5 aromatic rings. The van der Waals surface area contributed by atoms with Gasteiger partial charge in [-0.25, -0.2) is 0 Å². The number of hydrogen-bond donors (Lipinski definition) is 0. The lowest BCUT2D eigenvalue weighted by molar-refractivity contribution is -0.720. The zero-order valence-corrected chi connectivity index (χ0v) is 21.1. The van der Waals surface area contributed by atoms with Crippen LogP contribution in [0.25, 0.3) is 39.3 Å². The van der Waals surface area contributed by atoms with Gasteiger partial charge < -0.3 is 0 Å². The highest BCUT2D eigenvalue weighted by Gasteiger charge is 2.45. The van der Waals surface area contributed by atoms with Crippen LogP contribution in [0.4, 0.5) is 0 Å². The van der Waals surface area contributed by atoms with Crippen molar-refractivity contribution in [1.82, 2.24) is 0 Å². The van der Waals surface area contributed by atoms with Crippen molar-refractivity contribution < 1.29 is 9.13 Å². The molecule has 2 heteroatoms. The predicted octanol–water partition coefficient (Wildman–Crippen LogP) is 7.33. The second kappa shape index (κ2) is 8.67. The van der Waals surface area contributed by atoms with Crippen LogP contribution in [-0.4, -0.2) is 0 Å². The molecule has 0 saturated carbocycles. The third kappa shape index (κ3) is 3.55. The summed E-state index contributed by atoms with van der Waals surface area (Å²) in [7, 11) is 0. The van der Waals surface area contributed by atoms with E-state index in [0.29, 0.717) is 6.04 Å². The Kier molecular flexibility index (Phi) is 5.14. The number of rotatable bonds is 1. The number of aromatic nitrogens is 2. The van der Waals surface area contributed by atoms with Gasteiger partial charge >= 0.3 is 0 Å². The quantitative estimate of drug-likeness (QED) is 0.223. The molecular weight excluding hydrogens is 448 g/mol. The molecule has 37 heavy (non-hydrogen) atoms. The van der Waals surface area contributed by atoms with Gasteiger partial charge in [0.05, 0.1) is 5.56 Å². The van der Waals surface area contributed by atoms with Crippen molar-refractivity contribution in [3.63, 3.8) is 0 Å². The monoisotopic (exact) mass is 478 g/mol. The van der Waals surface area contributed by atoms with Gasteiger partial charge in [-0.15, -0.1) is 0 Å². The molecule has 0 fully saturated rings. The van der Waals surface area contributed by atoms with E-state index in [1.54, 1.807) is 0 Å². The highest BCUT2D eigenvalue weighted by molar-refractivity contribution is 5.73. The van der Waals surface area contributed by atoms with Gasteiger partial charge in [-0.05, 0) is 60.4 Å². The van der Waals surface area contributed by atoms with Gasteiger partial charge in [0, 0.05) is 36.2 Å². The first-order valence-electron chi connectivity index (χ1n) is 13.2. The summed E-state index contributed by atoms with van der Waals surface area (Å²) in [6.45, 7) is 6.93. The van der Waals surface area contributed by atoms with Crippen LogP contribution >= 0.6 is 0 Å². The Balaban J connectivity index is 1.47. The van der Waals surface area contributed by atoms with Crippen molar-refractivity contribution in [2.75, 3.05) is 0 Å². The number of pyridine rings is 2. The molecule has 0 radical (unpaired) electrons. The topological polar surface area (TPSA) is 7.76 Å². The highest BCUT2D eigenvalue weighted by Crippen LogP contribution is 2.45. The molecule has 0 spiro atoms. The molecule has 0 bridgehead atoms. The molecule has 2 unspecified atom stereocenters. The van der Waals surface area contributed by atoms with Crippen LogP contribution in [0.5, 0.6) is 0 Å². The molecule has 3 aromatic carbocycles. The molecule has 2 aliphatic heterocycles. The molecular formula is C35H30N2+2. The van der Waals surface area contributed by atoms with Crippen molar-refractivity contribution in [2.45, 2.75) is 31.7 Å². The van der Waals surface area contributed by atoms with Crippen molar-refractivity contribution in [3.05, 3.63) is 139 Å². The Hall–Kier alpha value is -4.30. The maximum absolute atomic E-state index is 4.79. The number of nitrogens with zero attached hydrogens (tertiary/aromatic N) is 2. The van der Waals surface area contributed by atoms with Gasteiger partial charge in [0.2, 0.25) is 11.4 Å². The summed E-state index contributed by atoms with van der Waals surface area (Å²) in [5, 5.41) is 0. The van der Waals surface area contributed by atoms with E-state index >= 15 is 0 Å². The highest BCUT2D eigenvalue weighted by atomic mass is 15.1. The summed E-state index contributed by atoms with van der Waals surface area (Å²) in [5.41, 5.74) is 12.7. The van der Waals surface area contributed by atoms with Crippen LogP contribution in [0.15, 0.2) is 122 Å². The van der Waals surface area contributed by atoms with E-state index < -0.39 is 0 Å². The van der Waals surface area contributed by atoms with Crippen LogP contribution in [0.1, 0.15) is 35.1 Å². The van der Waals surface area contributed by atoms with E-state index in [0.717, 1.165) is 18.5 Å². The van der Waals surface area contributed by atoms with Crippen molar-refractivity contribution in [1.29, 1.82) is 0 Å². The molecule has 7 rings (SSSR count). The van der Waals surface area contributed by atoms with Crippen molar-refractivity contribution >= 4 is 5.70 Å². The first-order chi connectivity index (χ1) is 18.2. The van der Waals surface area contributed by atoms with Crippen molar-refractivity contribution in [3.8, 4) is 33.6 Å². The normalized spacial score (nSPS) is 17.7. The SMILES string of the molecule is C=C1C2c3ccccc3-c3cccc[n+]3C2CCc2ccccc2-c2cc(-c3ccc(C)cc3)cc[n+]21. The molecule has 0 saturated heterocycles. The lowest BCUT2D eigenvalue weighted by Crippen LogP contribution is -2.50. The van der Waals surface area contributed by atoms with Crippen molar-refractivity contribution in [2.24, 2.45) is 0 Å².